The van der Waals surface area contributed by atoms with Gasteiger partial charge in [0.2, 0.25) is 5.91 Å². The SMILES string of the molecule is CCCC1NCN(CC(CC)(CC)SC)C1=O. The molecule has 1 rings (SSSR count). The van der Waals surface area contributed by atoms with Gasteiger partial charge in [-0.1, -0.05) is 27.2 Å². The van der Waals surface area contributed by atoms with Crippen molar-refractivity contribution >= 4 is 17.7 Å². The number of carbonyl (C=O) groups is 1. The number of carbonyl (C=O) groups excluding carboxylic acids is 1. The molecule has 0 aromatic carbocycles. The molecule has 1 heterocycles. The van der Waals surface area contributed by atoms with Crippen LogP contribution in [-0.4, -0.2) is 41.1 Å². The average Bonchev–Trinajstić information content (AvgIpc) is 2.69. The second-order valence-electron chi connectivity index (χ2n) is 4.83. The summed E-state index contributed by atoms with van der Waals surface area (Å²) >= 11 is 1.90. The first kappa shape index (κ1) is 14.8. The predicted octanol–water partition coefficient (Wildman–Crippen LogP) is 2.47. The predicted molar refractivity (Wildman–Crippen MR) is 75.2 cm³/mol. The van der Waals surface area contributed by atoms with E-state index in [1.807, 2.05) is 16.7 Å². The molecule has 100 valence electrons. The molecule has 0 saturated carbocycles. The average molecular weight is 258 g/mol. The molecule has 4 heteroatoms. The fraction of sp³-hybridized carbons (Fsp3) is 0.923. The van der Waals surface area contributed by atoms with Crippen LogP contribution in [0.4, 0.5) is 0 Å². The van der Waals surface area contributed by atoms with Crippen LogP contribution in [0.25, 0.3) is 0 Å². The van der Waals surface area contributed by atoms with Gasteiger partial charge in [0.15, 0.2) is 0 Å². The summed E-state index contributed by atoms with van der Waals surface area (Å²) < 4.78 is 0.235. The van der Waals surface area contributed by atoms with Crippen molar-refractivity contribution < 1.29 is 4.79 Å². The van der Waals surface area contributed by atoms with Gasteiger partial charge < -0.3 is 4.90 Å². The Balaban J connectivity index is 2.60. The second kappa shape index (κ2) is 6.64. The van der Waals surface area contributed by atoms with E-state index in [9.17, 15) is 4.79 Å². The smallest absolute Gasteiger partial charge is 0.240 e. The molecule has 0 bridgehead atoms. The number of nitrogens with zero attached hydrogens (tertiary/aromatic N) is 1. The number of hydrogen-bond acceptors (Lipinski definition) is 3. The number of amides is 1. The molecule has 1 atom stereocenters. The minimum absolute atomic E-state index is 0.0632. The van der Waals surface area contributed by atoms with E-state index in [1.165, 1.54) is 0 Å². The molecule has 1 fully saturated rings. The summed E-state index contributed by atoms with van der Waals surface area (Å²) in [7, 11) is 0. The first-order chi connectivity index (χ1) is 8.12. The maximum Gasteiger partial charge on any atom is 0.240 e. The summed E-state index contributed by atoms with van der Waals surface area (Å²) in [4.78, 5) is 14.2. The van der Waals surface area contributed by atoms with Gasteiger partial charge >= 0.3 is 0 Å². The number of thioether (sulfide) groups is 1. The third kappa shape index (κ3) is 3.38. The van der Waals surface area contributed by atoms with Gasteiger partial charge in [-0.25, -0.2) is 0 Å². The van der Waals surface area contributed by atoms with Crippen LogP contribution in [0.3, 0.4) is 0 Å². The lowest BCUT2D eigenvalue weighted by Gasteiger charge is -2.33. The third-order valence-corrected chi connectivity index (χ3v) is 5.49. The molecule has 0 aromatic heterocycles. The van der Waals surface area contributed by atoms with E-state index in [-0.39, 0.29) is 10.8 Å². The number of hydrogen-bond donors (Lipinski definition) is 1. The summed E-state index contributed by atoms with van der Waals surface area (Å²) in [5, 5.41) is 3.32. The van der Waals surface area contributed by atoms with Crippen molar-refractivity contribution in [1.82, 2.24) is 10.2 Å². The molecule has 1 saturated heterocycles. The van der Waals surface area contributed by atoms with E-state index >= 15 is 0 Å². The van der Waals surface area contributed by atoms with Crippen molar-refractivity contribution in [2.24, 2.45) is 0 Å². The highest BCUT2D eigenvalue weighted by Gasteiger charge is 2.36. The summed E-state index contributed by atoms with van der Waals surface area (Å²) in [6.45, 7) is 8.18. The molecule has 0 spiro atoms. The van der Waals surface area contributed by atoms with Gasteiger partial charge in [0, 0.05) is 11.3 Å². The van der Waals surface area contributed by atoms with Crippen LogP contribution in [0.1, 0.15) is 46.5 Å². The van der Waals surface area contributed by atoms with Crippen molar-refractivity contribution in [2.45, 2.75) is 57.2 Å². The topological polar surface area (TPSA) is 32.3 Å². The Bertz CT molecular complexity index is 246. The highest BCUT2D eigenvalue weighted by Crippen LogP contribution is 2.32. The van der Waals surface area contributed by atoms with Crippen molar-refractivity contribution in [3.63, 3.8) is 0 Å². The lowest BCUT2D eigenvalue weighted by Crippen LogP contribution is -2.42. The van der Waals surface area contributed by atoms with E-state index in [4.69, 9.17) is 0 Å². The van der Waals surface area contributed by atoms with Crippen LogP contribution in [-0.2, 0) is 4.79 Å². The Labute approximate surface area is 110 Å². The fourth-order valence-corrected chi connectivity index (χ4v) is 3.29. The van der Waals surface area contributed by atoms with E-state index in [0.717, 1.165) is 38.9 Å². The van der Waals surface area contributed by atoms with E-state index in [2.05, 4.69) is 32.3 Å². The summed E-state index contributed by atoms with van der Waals surface area (Å²) in [6.07, 6.45) is 6.41. The number of nitrogens with one attached hydrogen (secondary N) is 1. The molecular weight excluding hydrogens is 232 g/mol. The quantitative estimate of drug-likeness (QED) is 0.761. The Kier molecular flexibility index (Phi) is 5.80. The highest BCUT2D eigenvalue weighted by molar-refractivity contribution is 8.00. The summed E-state index contributed by atoms with van der Waals surface area (Å²) in [5.74, 6) is 0.298. The first-order valence-electron chi connectivity index (χ1n) is 6.69. The van der Waals surface area contributed by atoms with Crippen LogP contribution >= 0.6 is 11.8 Å². The Morgan fingerprint density at radius 2 is 2.06 bits per heavy atom. The van der Waals surface area contributed by atoms with Gasteiger partial charge in [-0.05, 0) is 25.5 Å². The monoisotopic (exact) mass is 258 g/mol. The lowest BCUT2D eigenvalue weighted by molar-refractivity contribution is -0.129. The maximum atomic E-state index is 12.2. The minimum atomic E-state index is 0.0632. The van der Waals surface area contributed by atoms with Gasteiger partial charge in [-0.15, -0.1) is 0 Å². The van der Waals surface area contributed by atoms with E-state index < -0.39 is 0 Å². The lowest BCUT2D eigenvalue weighted by atomic mass is 10.0. The minimum Gasteiger partial charge on any atom is -0.327 e. The van der Waals surface area contributed by atoms with Crippen LogP contribution < -0.4 is 5.32 Å². The van der Waals surface area contributed by atoms with Gasteiger partial charge in [-0.3, -0.25) is 10.1 Å². The Hall–Kier alpha value is -0.220. The fourth-order valence-electron chi connectivity index (χ4n) is 2.43. The highest BCUT2D eigenvalue weighted by atomic mass is 32.2. The molecule has 3 nitrogen and oxygen atoms in total. The van der Waals surface area contributed by atoms with Crippen molar-refractivity contribution in [2.75, 3.05) is 19.5 Å². The summed E-state index contributed by atoms with van der Waals surface area (Å²) in [5.41, 5.74) is 0. The van der Waals surface area contributed by atoms with Crippen LogP contribution in [0.15, 0.2) is 0 Å². The zero-order valence-electron chi connectivity index (χ0n) is 11.6. The first-order valence-corrected chi connectivity index (χ1v) is 7.92. The number of rotatable bonds is 7. The van der Waals surface area contributed by atoms with Crippen LogP contribution in [0, 0.1) is 0 Å². The molecule has 0 aromatic rings. The zero-order chi connectivity index (χ0) is 12.9. The molecule has 1 unspecified atom stereocenters. The zero-order valence-corrected chi connectivity index (χ0v) is 12.4. The van der Waals surface area contributed by atoms with E-state index in [1.54, 1.807) is 0 Å². The van der Waals surface area contributed by atoms with Crippen LogP contribution in [0.5, 0.6) is 0 Å². The van der Waals surface area contributed by atoms with E-state index in [0.29, 0.717) is 5.91 Å². The molecule has 1 aliphatic rings. The molecule has 1 aliphatic heterocycles. The van der Waals surface area contributed by atoms with Crippen LogP contribution in [0.2, 0.25) is 0 Å². The standard InChI is InChI=1S/C13H26N2OS/c1-5-8-11-12(16)15(10-14-11)9-13(6-2,7-3)17-4/h11,14H,5-10H2,1-4H3. The molecule has 1 N–H and O–H groups in total. The second-order valence-corrected chi connectivity index (χ2v) is 6.11. The van der Waals surface area contributed by atoms with Crippen molar-refractivity contribution in [1.29, 1.82) is 0 Å². The molecule has 0 aliphatic carbocycles. The van der Waals surface area contributed by atoms with Gasteiger partial charge in [0.25, 0.3) is 0 Å². The molecule has 17 heavy (non-hydrogen) atoms. The molecule has 1 amide bonds. The Morgan fingerprint density at radius 3 is 2.53 bits per heavy atom. The van der Waals surface area contributed by atoms with Gasteiger partial charge in [0.05, 0.1) is 12.7 Å². The van der Waals surface area contributed by atoms with Crippen molar-refractivity contribution in [3.8, 4) is 0 Å². The normalized spacial score (nSPS) is 21.3. The largest absolute Gasteiger partial charge is 0.327 e. The summed E-state index contributed by atoms with van der Waals surface area (Å²) in [6, 6.07) is 0.0632. The molecule has 0 radical (unpaired) electrons. The van der Waals surface area contributed by atoms with Crippen molar-refractivity contribution in [3.05, 3.63) is 0 Å². The van der Waals surface area contributed by atoms with Gasteiger partial charge in [0.1, 0.15) is 0 Å². The molecular formula is C13H26N2OS. The third-order valence-electron chi connectivity index (χ3n) is 3.92. The maximum absolute atomic E-state index is 12.2. The Morgan fingerprint density at radius 1 is 1.41 bits per heavy atom. The van der Waals surface area contributed by atoms with Gasteiger partial charge in [-0.2, -0.15) is 11.8 Å².